The molecule has 0 heterocycles. The van der Waals surface area contributed by atoms with Crippen molar-refractivity contribution >= 4 is 17.9 Å². The second kappa shape index (κ2) is 12.3. The molecule has 0 aliphatic rings. The van der Waals surface area contributed by atoms with Crippen LogP contribution in [-0.4, -0.2) is 17.9 Å². The standard InChI is InChI=1S/C28H28O6/c1-2-3-4-14-21-28(25(29)32-22-15-8-5-9-16-22,26(30)33-23-17-10-6-11-18-23)27(31)34-24-19-12-7-13-20-24/h5-13,15-20H,2-4,14,21H2,1H3. The number of esters is 3. The van der Waals surface area contributed by atoms with Gasteiger partial charge in [-0.05, 0) is 42.8 Å². The fourth-order valence-corrected chi connectivity index (χ4v) is 3.42. The summed E-state index contributed by atoms with van der Waals surface area (Å²) in [7, 11) is 0. The normalized spacial score (nSPS) is 10.9. The lowest BCUT2D eigenvalue weighted by molar-refractivity contribution is -0.172. The monoisotopic (exact) mass is 460 g/mol. The summed E-state index contributed by atoms with van der Waals surface area (Å²) < 4.78 is 16.5. The van der Waals surface area contributed by atoms with E-state index >= 15 is 0 Å². The molecule has 0 unspecified atom stereocenters. The van der Waals surface area contributed by atoms with E-state index in [4.69, 9.17) is 14.2 Å². The van der Waals surface area contributed by atoms with Crippen LogP contribution < -0.4 is 14.2 Å². The van der Waals surface area contributed by atoms with Gasteiger partial charge in [0.15, 0.2) is 0 Å². The van der Waals surface area contributed by atoms with Crippen LogP contribution in [0, 0.1) is 5.41 Å². The van der Waals surface area contributed by atoms with Gasteiger partial charge in [-0.3, -0.25) is 0 Å². The average Bonchev–Trinajstić information content (AvgIpc) is 2.86. The van der Waals surface area contributed by atoms with Gasteiger partial charge in [-0.15, -0.1) is 0 Å². The van der Waals surface area contributed by atoms with Crippen LogP contribution in [0.15, 0.2) is 91.0 Å². The Morgan fingerprint density at radius 3 is 1.24 bits per heavy atom. The van der Waals surface area contributed by atoms with Crippen LogP contribution in [0.3, 0.4) is 0 Å². The lowest BCUT2D eigenvalue weighted by Gasteiger charge is -2.27. The summed E-state index contributed by atoms with van der Waals surface area (Å²) in [6, 6.07) is 24.9. The van der Waals surface area contributed by atoms with Gasteiger partial charge in [0.1, 0.15) is 17.2 Å². The number of carbonyl (C=O) groups is 3. The van der Waals surface area contributed by atoms with Crippen LogP contribution in [0.5, 0.6) is 17.2 Å². The van der Waals surface area contributed by atoms with Gasteiger partial charge in [-0.2, -0.15) is 0 Å². The summed E-state index contributed by atoms with van der Waals surface area (Å²) in [5.41, 5.74) is -2.30. The zero-order valence-electron chi connectivity index (χ0n) is 19.1. The van der Waals surface area contributed by atoms with Gasteiger partial charge >= 0.3 is 17.9 Å². The first-order valence-electron chi connectivity index (χ1n) is 11.4. The van der Waals surface area contributed by atoms with Gasteiger partial charge < -0.3 is 14.2 Å². The first-order valence-corrected chi connectivity index (χ1v) is 11.4. The molecule has 0 bridgehead atoms. The molecule has 176 valence electrons. The Bertz CT molecular complexity index is 934. The van der Waals surface area contributed by atoms with E-state index in [9.17, 15) is 14.4 Å². The Morgan fingerprint density at radius 2 is 0.912 bits per heavy atom. The third-order valence-electron chi connectivity index (χ3n) is 5.31. The predicted octanol–water partition coefficient (Wildman–Crippen LogP) is 5.76. The van der Waals surface area contributed by atoms with E-state index in [1.807, 2.05) is 6.92 Å². The van der Waals surface area contributed by atoms with Crippen molar-refractivity contribution in [2.75, 3.05) is 0 Å². The highest BCUT2D eigenvalue weighted by atomic mass is 16.6. The van der Waals surface area contributed by atoms with E-state index in [-0.39, 0.29) is 23.7 Å². The highest BCUT2D eigenvalue weighted by molar-refractivity contribution is 6.19. The number of carbonyl (C=O) groups excluding carboxylic acids is 3. The summed E-state index contributed by atoms with van der Waals surface area (Å²) in [6.07, 6.45) is 2.91. The number of hydrogen-bond donors (Lipinski definition) is 0. The van der Waals surface area contributed by atoms with Crippen molar-refractivity contribution in [1.82, 2.24) is 0 Å². The molecule has 6 nitrogen and oxygen atoms in total. The van der Waals surface area contributed by atoms with Crippen molar-refractivity contribution in [2.45, 2.75) is 39.0 Å². The number of ether oxygens (including phenoxy) is 3. The summed E-state index contributed by atoms with van der Waals surface area (Å²) >= 11 is 0. The van der Waals surface area contributed by atoms with E-state index in [1.165, 1.54) is 0 Å². The van der Waals surface area contributed by atoms with Crippen molar-refractivity contribution in [3.63, 3.8) is 0 Å². The van der Waals surface area contributed by atoms with Crippen LogP contribution in [0.4, 0.5) is 0 Å². The smallest absolute Gasteiger partial charge is 0.340 e. The molecule has 0 atom stereocenters. The molecule has 0 aliphatic heterocycles. The minimum Gasteiger partial charge on any atom is -0.425 e. The van der Waals surface area contributed by atoms with Crippen LogP contribution in [0.1, 0.15) is 39.0 Å². The van der Waals surface area contributed by atoms with Crippen molar-refractivity contribution in [3.05, 3.63) is 91.0 Å². The average molecular weight is 461 g/mol. The fourth-order valence-electron chi connectivity index (χ4n) is 3.42. The molecule has 0 aromatic heterocycles. The molecule has 0 spiro atoms. The van der Waals surface area contributed by atoms with Gasteiger partial charge in [-0.25, -0.2) is 14.4 Å². The zero-order valence-corrected chi connectivity index (χ0v) is 19.1. The number of hydrogen-bond acceptors (Lipinski definition) is 6. The lowest BCUT2D eigenvalue weighted by Crippen LogP contribution is -2.52. The topological polar surface area (TPSA) is 78.9 Å². The van der Waals surface area contributed by atoms with Crippen LogP contribution in [0.2, 0.25) is 0 Å². The molecule has 0 amide bonds. The maximum Gasteiger partial charge on any atom is 0.340 e. The van der Waals surface area contributed by atoms with Crippen LogP contribution in [0.25, 0.3) is 0 Å². The molecule has 6 heteroatoms. The Balaban J connectivity index is 1.99. The quantitative estimate of drug-likeness (QED) is 0.157. The van der Waals surface area contributed by atoms with E-state index in [1.54, 1.807) is 91.0 Å². The van der Waals surface area contributed by atoms with Crippen molar-refractivity contribution in [2.24, 2.45) is 5.41 Å². The number of rotatable bonds is 11. The van der Waals surface area contributed by atoms with Crippen LogP contribution in [-0.2, 0) is 14.4 Å². The molecule has 3 aromatic carbocycles. The molecule has 0 aliphatic carbocycles. The van der Waals surface area contributed by atoms with Gasteiger partial charge in [0, 0.05) is 0 Å². The molecule has 34 heavy (non-hydrogen) atoms. The van der Waals surface area contributed by atoms with E-state index < -0.39 is 23.3 Å². The first kappa shape index (κ1) is 24.7. The van der Waals surface area contributed by atoms with E-state index in [0.717, 1.165) is 19.3 Å². The number of unbranched alkanes of at least 4 members (excludes halogenated alkanes) is 3. The predicted molar refractivity (Wildman–Crippen MR) is 127 cm³/mol. The van der Waals surface area contributed by atoms with Gasteiger partial charge in [0.2, 0.25) is 0 Å². The second-order valence-electron chi connectivity index (χ2n) is 7.82. The minimum absolute atomic E-state index is 0.101. The molecule has 0 fully saturated rings. The zero-order chi connectivity index (χ0) is 24.2. The van der Waals surface area contributed by atoms with Gasteiger partial charge in [-0.1, -0.05) is 87.2 Å². The third kappa shape index (κ3) is 6.32. The fraction of sp³-hybridized carbons (Fsp3) is 0.250. The molecule has 0 radical (unpaired) electrons. The second-order valence-corrected chi connectivity index (χ2v) is 7.82. The molecular weight excluding hydrogens is 432 g/mol. The SMILES string of the molecule is CCCCCCC(C(=O)Oc1ccccc1)(C(=O)Oc1ccccc1)C(=O)Oc1ccccc1. The summed E-state index contributed by atoms with van der Waals surface area (Å²) in [6.45, 7) is 2.05. The van der Waals surface area contributed by atoms with Gasteiger partial charge in [0.25, 0.3) is 5.41 Å². The highest BCUT2D eigenvalue weighted by Crippen LogP contribution is 2.33. The maximum absolute atomic E-state index is 13.5. The third-order valence-corrected chi connectivity index (χ3v) is 5.31. The van der Waals surface area contributed by atoms with Crippen LogP contribution >= 0.6 is 0 Å². The molecule has 0 saturated carbocycles. The molecule has 0 N–H and O–H groups in total. The summed E-state index contributed by atoms with van der Waals surface area (Å²) in [5, 5.41) is 0. The first-order chi connectivity index (χ1) is 16.6. The minimum atomic E-state index is -2.30. The molecular formula is C28H28O6. The number of para-hydroxylation sites is 3. The molecule has 3 rings (SSSR count). The van der Waals surface area contributed by atoms with Crippen molar-refractivity contribution in [1.29, 1.82) is 0 Å². The largest absolute Gasteiger partial charge is 0.425 e. The molecule has 3 aromatic rings. The Kier molecular flexibility index (Phi) is 8.97. The Morgan fingerprint density at radius 1 is 0.559 bits per heavy atom. The maximum atomic E-state index is 13.5. The van der Waals surface area contributed by atoms with Gasteiger partial charge in [0.05, 0.1) is 0 Å². The molecule has 0 saturated heterocycles. The summed E-state index contributed by atoms with van der Waals surface area (Å²) in [4.78, 5) is 40.6. The summed E-state index contributed by atoms with van der Waals surface area (Å²) in [5.74, 6) is -2.45. The van der Waals surface area contributed by atoms with E-state index in [2.05, 4.69) is 0 Å². The van der Waals surface area contributed by atoms with E-state index in [0.29, 0.717) is 6.42 Å². The van der Waals surface area contributed by atoms with Crippen molar-refractivity contribution in [3.8, 4) is 17.2 Å². The Labute approximate surface area is 199 Å². The van der Waals surface area contributed by atoms with Crippen molar-refractivity contribution < 1.29 is 28.6 Å². The lowest BCUT2D eigenvalue weighted by atomic mass is 9.82. The number of benzene rings is 3. The Hall–Kier alpha value is -3.93. The highest BCUT2D eigenvalue weighted by Gasteiger charge is 2.57.